The number of hydrogen-bond donors (Lipinski definition) is 2. The third-order valence-electron chi connectivity index (χ3n) is 8.34. The average molecular weight is 414 g/mol. The van der Waals surface area contributed by atoms with Gasteiger partial charge in [0.1, 0.15) is 17.6 Å². The van der Waals surface area contributed by atoms with Crippen LogP contribution in [0.15, 0.2) is 11.0 Å². The predicted molar refractivity (Wildman–Crippen MR) is 113 cm³/mol. The maximum atomic E-state index is 13.1. The first-order valence-electron chi connectivity index (χ1n) is 11.2. The second kappa shape index (κ2) is 6.56. The van der Waals surface area contributed by atoms with Gasteiger partial charge in [-0.15, -0.1) is 0 Å². The molecule has 5 rings (SSSR count). The van der Waals surface area contributed by atoms with Crippen LogP contribution in [-0.2, 0) is 20.5 Å². The van der Waals surface area contributed by atoms with Crippen LogP contribution in [-0.4, -0.2) is 40.2 Å². The molecule has 4 aliphatic rings. The van der Waals surface area contributed by atoms with Gasteiger partial charge in [-0.3, -0.25) is 14.2 Å². The van der Waals surface area contributed by atoms with Crippen molar-refractivity contribution in [1.82, 2.24) is 14.9 Å². The quantitative estimate of drug-likeness (QED) is 0.723. The summed E-state index contributed by atoms with van der Waals surface area (Å²) in [6.45, 7) is 8.85. The topological polar surface area (TPSA) is 108 Å². The van der Waals surface area contributed by atoms with E-state index in [2.05, 4.69) is 31.1 Å². The molecule has 2 aliphatic carbocycles. The molecule has 1 saturated heterocycles. The van der Waals surface area contributed by atoms with E-state index in [0.29, 0.717) is 36.9 Å². The third kappa shape index (κ3) is 2.57. The maximum absolute atomic E-state index is 13.1. The normalized spacial score (nSPS) is 36.6. The summed E-state index contributed by atoms with van der Waals surface area (Å²) in [5.74, 6) is 1.09. The number of anilines is 1. The van der Waals surface area contributed by atoms with Gasteiger partial charge in [0.25, 0.3) is 5.56 Å². The van der Waals surface area contributed by atoms with E-state index in [1.807, 2.05) is 6.92 Å². The Hall–Kier alpha value is -1.87. The second-order valence-corrected chi connectivity index (χ2v) is 10.2. The number of fused-ring (bicyclic) bond motifs is 6. The molecule has 2 saturated carbocycles. The van der Waals surface area contributed by atoms with Crippen molar-refractivity contribution in [3.63, 3.8) is 0 Å². The fourth-order valence-electron chi connectivity index (χ4n) is 6.80. The number of nitrogens with two attached hydrogens (primary N) is 1. The summed E-state index contributed by atoms with van der Waals surface area (Å²) >= 11 is 0. The van der Waals surface area contributed by atoms with Crippen LogP contribution in [0.25, 0.3) is 0 Å². The van der Waals surface area contributed by atoms with Gasteiger partial charge in [-0.25, -0.2) is 4.98 Å². The minimum absolute atomic E-state index is 0.0618. The third-order valence-corrected chi connectivity index (χ3v) is 8.34. The van der Waals surface area contributed by atoms with Crippen LogP contribution in [0, 0.1) is 17.3 Å². The number of nitrogen functional groups attached to an aromatic ring is 1. The number of carbonyl (C=O) groups is 1. The molecule has 3 fully saturated rings. The first-order chi connectivity index (χ1) is 14.2. The summed E-state index contributed by atoms with van der Waals surface area (Å²) in [4.78, 5) is 29.8. The summed E-state index contributed by atoms with van der Waals surface area (Å²) in [6, 6.07) is -0.593. The average Bonchev–Trinajstić information content (AvgIpc) is 3.39. The highest BCUT2D eigenvalue weighted by Gasteiger charge is 2.70. The van der Waals surface area contributed by atoms with E-state index in [1.54, 1.807) is 0 Å². The molecule has 162 valence electrons. The maximum Gasteiger partial charge on any atom is 0.481 e. The number of amides is 1. The van der Waals surface area contributed by atoms with Gasteiger partial charge >= 0.3 is 7.12 Å². The lowest BCUT2D eigenvalue weighted by atomic mass is 9.74. The van der Waals surface area contributed by atoms with Crippen molar-refractivity contribution in [3.05, 3.63) is 22.4 Å². The van der Waals surface area contributed by atoms with Gasteiger partial charge in [0.05, 0.1) is 23.8 Å². The van der Waals surface area contributed by atoms with Crippen molar-refractivity contribution in [2.45, 2.75) is 83.5 Å². The molecule has 2 aliphatic heterocycles. The minimum atomic E-state index is -0.593. The largest absolute Gasteiger partial charge is 0.481 e. The van der Waals surface area contributed by atoms with Crippen molar-refractivity contribution < 1.29 is 14.1 Å². The van der Waals surface area contributed by atoms with E-state index >= 15 is 0 Å². The van der Waals surface area contributed by atoms with Gasteiger partial charge in [-0.1, -0.05) is 20.8 Å². The van der Waals surface area contributed by atoms with Crippen molar-refractivity contribution in [3.8, 4) is 0 Å². The number of carbonyl (C=O) groups excluding carboxylic acids is 1. The van der Waals surface area contributed by atoms with Crippen LogP contribution in [0.3, 0.4) is 0 Å². The van der Waals surface area contributed by atoms with Crippen molar-refractivity contribution in [1.29, 1.82) is 0 Å². The summed E-state index contributed by atoms with van der Waals surface area (Å²) < 4.78 is 14.4. The van der Waals surface area contributed by atoms with E-state index in [4.69, 9.17) is 15.0 Å². The van der Waals surface area contributed by atoms with Gasteiger partial charge in [0.15, 0.2) is 0 Å². The lowest BCUT2D eigenvalue weighted by Gasteiger charge is -2.35. The van der Waals surface area contributed by atoms with Crippen LogP contribution < -0.4 is 16.6 Å². The zero-order valence-corrected chi connectivity index (χ0v) is 18.2. The van der Waals surface area contributed by atoms with E-state index in [-0.39, 0.29) is 40.2 Å². The smallest absolute Gasteiger partial charge is 0.404 e. The van der Waals surface area contributed by atoms with E-state index in [9.17, 15) is 9.59 Å². The molecule has 1 aromatic heterocycles. The summed E-state index contributed by atoms with van der Waals surface area (Å²) in [5, 5.41) is 3.10. The number of nitrogens with one attached hydrogen (secondary N) is 1. The highest BCUT2D eigenvalue weighted by molar-refractivity contribution is 6.47. The van der Waals surface area contributed by atoms with Gasteiger partial charge < -0.3 is 20.4 Å². The number of aromatic nitrogens is 2. The summed E-state index contributed by atoms with van der Waals surface area (Å²) in [7, 11) is -0.468. The van der Waals surface area contributed by atoms with Crippen LogP contribution in [0.4, 0.5) is 5.69 Å². The Morgan fingerprint density at radius 1 is 1.40 bits per heavy atom. The molecular formula is C21H31BN4O4. The van der Waals surface area contributed by atoms with Crippen LogP contribution in [0.1, 0.15) is 65.2 Å². The lowest BCUT2D eigenvalue weighted by molar-refractivity contribution is -0.124. The highest BCUT2D eigenvalue weighted by atomic mass is 16.7. The molecule has 0 spiro atoms. The SMILES string of the molecule is CC[C@H](NC(=O)[C@@H]1CCc2ncc(N)c(=O)n21)B1OC2C3CCC(C3(C)C)[C@]2(C)O1. The molecule has 1 aromatic rings. The number of hydrogen-bond acceptors (Lipinski definition) is 6. The zero-order valence-electron chi connectivity index (χ0n) is 18.2. The molecular weight excluding hydrogens is 383 g/mol. The molecule has 0 aromatic carbocycles. The Labute approximate surface area is 177 Å². The molecule has 9 heteroatoms. The standard InChI is InChI=1S/C21H31BN4O4/c1-5-15(22-29-17-11-6-8-14(20(11,2)3)21(17,4)30-22)25-18(27)13-7-9-16-24-10-12(23)19(28)26(13)16/h10-11,13-15,17H,5-9,23H2,1-4H3,(H,25,27)/t11?,13-,14?,15-,17?,21-/m0/s1. The highest BCUT2D eigenvalue weighted by Crippen LogP contribution is 2.65. The van der Waals surface area contributed by atoms with Crippen molar-refractivity contribution >= 4 is 18.7 Å². The first kappa shape index (κ1) is 20.1. The Morgan fingerprint density at radius 3 is 2.87 bits per heavy atom. The first-order valence-corrected chi connectivity index (χ1v) is 11.2. The lowest BCUT2D eigenvalue weighted by Crippen LogP contribution is -2.51. The van der Waals surface area contributed by atoms with Crippen LogP contribution >= 0.6 is 0 Å². The van der Waals surface area contributed by atoms with Crippen molar-refractivity contribution in [2.75, 3.05) is 5.73 Å². The fraction of sp³-hybridized carbons (Fsp3) is 0.762. The summed E-state index contributed by atoms with van der Waals surface area (Å²) in [6.07, 6.45) is 5.59. The number of aryl methyl sites for hydroxylation is 1. The molecule has 30 heavy (non-hydrogen) atoms. The van der Waals surface area contributed by atoms with E-state index in [1.165, 1.54) is 23.6 Å². The van der Waals surface area contributed by atoms with Crippen molar-refractivity contribution in [2.24, 2.45) is 17.3 Å². The Kier molecular flexibility index (Phi) is 4.39. The summed E-state index contributed by atoms with van der Waals surface area (Å²) in [5.41, 5.74) is 5.37. The molecule has 0 radical (unpaired) electrons. The molecule has 8 nitrogen and oxygen atoms in total. The molecule has 2 bridgehead atoms. The van der Waals surface area contributed by atoms with E-state index in [0.717, 1.165) is 0 Å². The molecule has 1 amide bonds. The zero-order chi connectivity index (χ0) is 21.4. The minimum Gasteiger partial charge on any atom is -0.404 e. The molecule has 3 N–H and O–H groups in total. The molecule has 6 atom stereocenters. The number of rotatable bonds is 4. The van der Waals surface area contributed by atoms with Crippen LogP contribution in [0.2, 0.25) is 0 Å². The van der Waals surface area contributed by atoms with Gasteiger partial charge in [-0.05, 0) is 49.9 Å². The Morgan fingerprint density at radius 2 is 2.17 bits per heavy atom. The van der Waals surface area contributed by atoms with Gasteiger partial charge in [0.2, 0.25) is 5.91 Å². The van der Waals surface area contributed by atoms with Crippen LogP contribution in [0.5, 0.6) is 0 Å². The van der Waals surface area contributed by atoms with Gasteiger partial charge in [0, 0.05) is 6.42 Å². The Balaban J connectivity index is 1.33. The predicted octanol–water partition coefficient (Wildman–Crippen LogP) is 1.48. The number of nitrogens with zero attached hydrogens (tertiary/aromatic N) is 2. The Bertz CT molecular complexity index is 949. The monoisotopic (exact) mass is 414 g/mol. The second-order valence-electron chi connectivity index (χ2n) is 10.2. The van der Waals surface area contributed by atoms with E-state index < -0.39 is 13.2 Å². The van der Waals surface area contributed by atoms with Gasteiger partial charge in [-0.2, -0.15) is 0 Å². The fourth-order valence-corrected chi connectivity index (χ4v) is 6.80. The molecule has 3 heterocycles. The molecule has 3 unspecified atom stereocenters.